The van der Waals surface area contributed by atoms with Gasteiger partial charge in [-0.25, -0.2) is 9.18 Å². The Morgan fingerprint density at radius 1 is 1.11 bits per heavy atom. The number of aryl methyl sites for hydroxylation is 2. The fourth-order valence-corrected chi connectivity index (χ4v) is 1.70. The van der Waals surface area contributed by atoms with Crippen LogP contribution in [-0.2, 0) is 0 Å². The Bertz CT molecular complexity index is 594. The lowest BCUT2D eigenvalue weighted by molar-refractivity contribution is 0.215. The maximum atomic E-state index is 12.7. The Balaban J connectivity index is 2.03. The minimum absolute atomic E-state index is 0.295. The zero-order valence-corrected chi connectivity index (χ0v) is 10.7. The molecule has 0 radical (unpaired) electrons. The van der Waals surface area contributed by atoms with E-state index in [9.17, 15) is 9.18 Å². The van der Waals surface area contributed by atoms with Gasteiger partial charge in [0.2, 0.25) is 0 Å². The number of hydrogen-bond donors (Lipinski definition) is 1. The smallest absolute Gasteiger partial charge is 0.410 e. The summed E-state index contributed by atoms with van der Waals surface area (Å²) in [5.74, 6) is -0.0780. The number of rotatable bonds is 2. The second kappa shape index (κ2) is 5.52. The first-order valence-electron chi connectivity index (χ1n) is 5.86. The zero-order chi connectivity index (χ0) is 13.8. The van der Waals surface area contributed by atoms with Crippen LogP contribution in [0.2, 0.25) is 0 Å². The molecular formula is C15H14FNO2. The Kier molecular flexibility index (Phi) is 3.80. The van der Waals surface area contributed by atoms with Crippen molar-refractivity contribution in [1.82, 2.24) is 0 Å². The number of amides is 1. The summed E-state index contributed by atoms with van der Waals surface area (Å²) in [6.07, 6.45) is -0.599. The number of ether oxygens (including phenoxy) is 1. The molecule has 2 rings (SSSR count). The highest BCUT2D eigenvalue weighted by Crippen LogP contribution is 2.17. The van der Waals surface area contributed by atoms with Gasteiger partial charge in [-0.2, -0.15) is 0 Å². The molecule has 0 saturated carbocycles. The van der Waals surface area contributed by atoms with E-state index in [-0.39, 0.29) is 5.82 Å². The van der Waals surface area contributed by atoms with E-state index >= 15 is 0 Å². The van der Waals surface area contributed by atoms with Crippen molar-refractivity contribution >= 4 is 11.8 Å². The fourth-order valence-electron chi connectivity index (χ4n) is 1.70. The molecule has 2 aromatic carbocycles. The van der Waals surface area contributed by atoms with Gasteiger partial charge in [0, 0.05) is 5.69 Å². The fraction of sp³-hybridized carbons (Fsp3) is 0.133. The molecule has 98 valence electrons. The molecule has 0 saturated heterocycles. The van der Waals surface area contributed by atoms with Gasteiger partial charge in [0.15, 0.2) is 0 Å². The SMILES string of the molecule is Cc1ccc(NC(=O)Oc2ccc(F)cc2)c(C)c1. The van der Waals surface area contributed by atoms with E-state index in [0.29, 0.717) is 11.4 Å². The lowest BCUT2D eigenvalue weighted by Crippen LogP contribution is -2.17. The number of carbonyl (C=O) groups excluding carboxylic acids is 1. The van der Waals surface area contributed by atoms with Crippen molar-refractivity contribution in [2.75, 3.05) is 5.32 Å². The summed E-state index contributed by atoms with van der Waals surface area (Å²) >= 11 is 0. The van der Waals surface area contributed by atoms with Crippen LogP contribution >= 0.6 is 0 Å². The number of nitrogens with one attached hydrogen (secondary N) is 1. The molecule has 1 amide bonds. The van der Waals surface area contributed by atoms with Crippen molar-refractivity contribution in [3.8, 4) is 5.75 Å². The lowest BCUT2D eigenvalue weighted by Gasteiger charge is -2.09. The first kappa shape index (κ1) is 13.1. The van der Waals surface area contributed by atoms with Crippen LogP contribution in [0, 0.1) is 19.7 Å². The highest BCUT2D eigenvalue weighted by atomic mass is 19.1. The van der Waals surface area contributed by atoms with Crippen molar-refractivity contribution in [2.45, 2.75) is 13.8 Å². The molecule has 3 nitrogen and oxygen atoms in total. The first-order chi connectivity index (χ1) is 9.04. The molecule has 1 N–H and O–H groups in total. The topological polar surface area (TPSA) is 38.3 Å². The van der Waals surface area contributed by atoms with Crippen LogP contribution < -0.4 is 10.1 Å². The lowest BCUT2D eigenvalue weighted by atomic mass is 10.1. The van der Waals surface area contributed by atoms with Gasteiger partial charge in [-0.3, -0.25) is 5.32 Å². The van der Waals surface area contributed by atoms with Crippen LogP contribution in [0.1, 0.15) is 11.1 Å². The maximum Gasteiger partial charge on any atom is 0.417 e. The number of benzene rings is 2. The molecule has 19 heavy (non-hydrogen) atoms. The summed E-state index contributed by atoms with van der Waals surface area (Å²) in [6, 6.07) is 11.0. The molecule has 0 atom stereocenters. The second-order valence-electron chi connectivity index (χ2n) is 4.29. The van der Waals surface area contributed by atoms with Crippen LogP contribution in [0.3, 0.4) is 0 Å². The average molecular weight is 259 g/mol. The number of carbonyl (C=O) groups is 1. The summed E-state index contributed by atoms with van der Waals surface area (Å²) in [5, 5.41) is 2.65. The molecule has 0 heterocycles. The minimum Gasteiger partial charge on any atom is -0.410 e. The molecule has 0 aliphatic carbocycles. The third-order valence-electron chi connectivity index (χ3n) is 2.64. The first-order valence-corrected chi connectivity index (χ1v) is 5.86. The van der Waals surface area contributed by atoms with E-state index in [1.165, 1.54) is 24.3 Å². The molecule has 0 unspecified atom stereocenters. The van der Waals surface area contributed by atoms with Gasteiger partial charge in [-0.1, -0.05) is 17.7 Å². The molecule has 0 fully saturated rings. The summed E-state index contributed by atoms with van der Waals surface area (Å²) in [4.78, 5) is 11.7. The average Bonchev–Trinajstić information content (AvgIpc) is 2.36. The van der Waals surface area contributed by atoms with Gasteiger partial charge in [-0.15, -0.1) is 0 Å². The Labute approximate surface area is 111 Å². The van der Waals surface area contributed by atoms with Gasteiger partial charge in [0.25, 0.3) is 0 Å². The predicted octanol–water partition coefficient (Wildman–Crippen LogP) is 4.05. The summed E-state index contributed by atoms with van der Waals surface area (Å²) in [6.45, 7) is 3.88. The van der Waals surface area contributed by atoms with Crippen molar-refractivity contribution < 1.29 is 13.9 Å². The van der Waals surface area contributed by atoms with E-state index < -0.39 is 6.09 Å². The van der Waals surface area contributed by atoms with Crippen LogP contribution in [0.25, 0.3) is 0 Å². The molecule has 0 spiro atoms. The highest BCUT2D eigenvalue weighted by Gasteiger charge is 2.07. The van der Waals surface area contributed by atoms with Gasteiger partial charge in [-0.05, 0) is 49.7 Å². The summed E-state index contributed by atoms with van der Waals surface area (Å²) < 4.78 is 17.7. The van der Waals surface area contributed by atoms with Crippen LogP contribution in [0.15, 0.2) is 42.5 Å². The van der Waals surface area contributed by atoms with E-state index in [1.807, 2.05) is 32.0 Å². The normalized spacial score (nSPS) is 10.1. The van der Waals surface area contributed by atoms with Gasteiger partial charge >= 0.3 is 6.09 Å². The Morgan fingerprint density at radius 2 is 1.79 bits per heavy atom. The minimum atomic E-state index is -0.599. The third kappa shape index (κ3) is 3.55. The van der Waals surface area contributed by atoms with E-state index in [1.54, 1.807) is 0 Å². The summed E-state index contributed by atoms with van der Waals surface area (Å²) in [7, 11) is 0. The maximum absolute atomic E-state index is 12.7. The molecule has 0 aromatic heterocycles. The van der Waals surface area contributed by atoms with Crippen molar-refractivity contribution in [1.29, 1.82) is 0 Å². The molecule has 0 bridgehead atoms. The second-order valence-corrected chi connectivity index (χ2v) is 4.29. The van der Waals surface area contributed by atoms with E-state index in [2.05, 4.69) is 5.32 Å². The largest absolute Gasteiger partial charge is 0.417 e. The monoisotopic (exact) mass is 259 g/mol. The molecule has 0 aliphatic heterocycles. The van der Waals surface area contributed by atoms with Crippen LogP contribution in [0.4, 0.5) is 14.9 Å². The summed E-state index contributed by atoms with van der Waals surface area (Å²) in [5.41, 5.74) is 2.77. The van der Waals surface area contributed by atoms with Crippen molar-refractivity contribution in [3.63, 3.8) is 0 Å². The Morgan fingerprint density at radius 3 is 2.42 bits per heavy atom. The van der Waals surface area contributed by atoms with Gasteiger partial charge < -0.3 is 4.74 Å². The van der Waals surface area contributed by atoms with Crippen molar-refractivity contribution in [3.05, 3.63) is 59.4 Å². The molecule has 4 heteroatoms. The Hall–Kier alpha value is -2.36. The van der Waals surface area contributed by atoms with E-state index in [0.717, 1.165) is 11.1 Å². The molecular weight excluding hydrogens is 245 g/mol. The zero-order valence-electron chi connectivity index (χ0n) is 10.7. The standard InChI is InChI=1S/C15H14FNO2/c1-10-3-8-14(11(2)9-10)17-15(18)19-13-6-4-12(16)5-7-13/h3-9H,1-2H3,(H,17,18). The van der Waals surface area contributed by atoms with Crippen LogP contribution in [0.5, 0.6) is 5.75 Å². The number of halogens is 1. The highest BCUT2D eigenvalue weighted by molar-refractivity contribution is 5.87. The number of anilines is 1. The third-order valence-corrected chi connectivity index (χ3v) is 2.64. The van der Waals surface area contributed by atoms with Crippen LogP contribution in [-0.4, -0.2) is 6.09 Å². The van der Waals surface area contributed by atoms with E-state index in [4.69, 9.17) is 4.74 Å². The van der Waals surface area contributed by atoms with Gasteiger partial charge in [0.05, 0.1) is 0 Å². The molecule has 2 aromatic rings. The van der Waals surface area contributed by atoms with Gasteiger partial charge in [0.1, 0.15) is 11.6 Å². The quantitative estimate of drug-likeness (QED) is 0.883. The van der Waals surface area contributed by atoms with Crippen molar-refractivity contribution in [2.24, 2.45) is 0 Å². The molecule has 0 aliphatic rings. The number of hydrogen-bond acceptors (Lipinski definition) is 2. The predicted molar refractivity (Wildman–Crippen MR) is 72.0 cm³/mol.